The van der Waals surface area contributed by atoms with Crippen LogP contribution in [0.2, 0.25) is 0 Å². The van der Waals surface area contributed by atoms with Gasteiger partial charge in [-0.2, -0.15) is 0 Å². The summed E-state index contributed by atoms with van der Waals surface area (Å²) in [5, 5.41) is 20.7. The van der Waals surface area contributed by atoms with E-state index in [0.29, 0.717) is 24.6 Å². The van der Waals surface area contributed by atoms with Crippen molar-refractivity contribution in [2.75, 3.05) is 19.7 Å². The van der Waals surface area contributed by atoms with E-state index in [-0.39, 0.29) is 0 Å². The van der Waals surface area contributed by atoms with Crippen molar-refractivity contribution >= 4 is 22.9 Å². The molecule has 0 unspecified atom stereocenters. The summed E-state index contributed by atoms with van der Waals surface area (Å²) in [4.78, 5) is 26.0. The number of fused-ring (bicyclic) bond motifs is 1. The van der Waals surface area contributed by atoms with Gasteiger partial charge in [-0.3, -0.25) is 9.88 Å². The summed E-state index contributed by atoms with van der Waals surface area (Å²) < 4.78 is 11.2. The molecule has 1 saturated heterocycles. The molecule has 0 saturated carbocycles. The Labute approximate surface area is 197 Å². The van der Waals surface area contributed by atoms with Gasteiger partial charge in [0.25, 0.3) is 5.88 Å². The molecule has 3 heterocycles. The molecule has 1 aliphatic heterocycles. The molecule has 9 nitrogen and oxygen atoms in total. The lowest BCUT2D eigenvalue weighted by atomic mass is 9.94. The fraction of sp³-hybridized carbons (Fsp3) is 0.360. The minimum Gasteiger partial charge on any atom is -0.478 e. The molecule has 0 bridgehead atoms. The number of ether oxygens (including phenoxy) is 1. The number of aromatic nitrogens is 2. The molecule has 34 heavy (non-hydrogen) atoms. The predicted octanol–water partition coefficient (Wildman–Crippen LogP) is 3.92. The first-order valence-corrected chi connectivity index (χ1v) is 11.2. The van der Waals surface area contributed by atoms with Crippen molar-refractivity contribution in [3.05, 3.63) is 66.0 Å². The third kappa shape index (κ3) is 8.00. The minimum atomic E-state index is -1.26. The normalized spacial score (nSPS) is 14.6. The fourth-order valence-electron chi connectivity index (χ4n) is 3.75. The molecule has 0 amide bonds. The Bertz CT molecular complexity index is 1090. The minimum absolute atomic E-state index is 0.558. The molecule has 2 N–H and O–H groups in total. The topological polar surface area (TPSA) is 126 Å². The molecule has 1 fully saturated rings. The average Bonchev–Trinajstić information content (AvgIpc) is 3.22. The van der Waals surface area contributed by atoms with Crippen molar-refractivity contribution < 1.29 is 29.1 Å². The van der Waals surface area contributed by atoms with Gasteiger partial charge in [-0.1, -0.05) is 17.7 Å². The molecule has 0 radical (unpaired) electrons. The van der Waals surface area contributed by atoms with Gasteiger partial charge in [0.2, 0.25) is 0 Å². The summed E-state index contributed by atoms with van der Waals surface area (Å²) in [6, 6.07) is 12.2. The lowest BCUT2D eigenvalue weighted by molar-refractivity contribution is -0.134. The molecule has 1 aliphatic rings. The van der Waals surface area contributed by atoms with Crippen molar-refractivity contribution in [1.29, 1.82) is 0 Å². The van der Waals surface area contributed by atoms with Crippen LogP contribution in [0.1, 0.15) is 30.5 Å². The number of likely N-dealkylation sites (tertiary alicyclic amines) is 1. The summed E-state index contributed by atoms with van der Waals surface area (Å²) in [6.07, 6.45) is 6.49. The zero-order chi connectivity index (χ0) is 24.3. The van der Waals surface area contributed by atoms with Crippen molar-refractivity contribution in [2.24, 2.45) is 5.92 Å². The molecule has 1 aromatic carbocycles. The van der Waals surface area contributed by atoms with E-state index in [1.165, 1.54) is 18.4 Å². The van der Waals surface area contributed by atoms with Gasteiger partial charge in [0.15, 0.2) is 5.58 Å². The second-order valence-electron chi connectivity index (χ2n) is 8.17. The molecule has 4 rings (SSSR count). The summed E-state index contributed by atoms with van der Waals surface area (Å²) >= 11 is 0. The summed E-state index contributed by atoms with van der Waals surface area (Å²) in [5.41, 5.74) is 3.13. The first kappa shape index (κ1) is 24.9. The molecular formula is C25H29N3O6. The van der Waals surface area contributed by atoms with Crippen molar-refractivity contribution in [2.45, 2.75) is 32.7 Å². The van der Waals surface area contributed by atoms with Crippen LogP contribution in [0.5, 0.6) is 5.88 Å². The van der Waals surface area contributed by atoms with Crippen LogP contribution in [-0.2, 0) is 16.1 Å². The molecule has 0 aliphatic carbocycles. The van der Waals surface area contributed by atoms with Crippen LogP contribution < -0.4 is 4.74 Å². The van der Waals surface area contributed by atoms with E-state index in [2.05, 4.69) is 40.2 Å². The van der Waals surface area contributed by atoms with E-state index in [0.717, 1.165) is 48.6 Å². The van der Waals surface area contributed by atoms with E-state index in [1.54, 1.807) is 0 Å². The fourth-order valence-corrected chi connectivity index (χ4v) is 3.75. The molecule has 0 atom stereocenters. The van der Waals surface area contributed by atoms with E-state index < -0.39 is 11.9 Å². The van der Waals surface area contributed by atoms with Gasteiger partial charge in [0, 0.05) is 24.9 Å². The summed E-state index contributed by atoms with van der Waals surface area (Å²) in [5.74, 6) is -1.18. The van der Waals surface area contributed by atoms with Crippen LogP contribution in [-0.4, -0.2) is 56.9 Å². The number of carboxylic acids is 2. The largest absolute Gasteiger partial charge is 0.478 e. The number of hydrogen-bond donors (Lipinski definition) is 2. The summed E-state index contributed by atoms with van der Waals surface area (Å²) in [6.45, 7) is 5.98. The van der Waals surface area contributed by atoms with Gasteiger partial charge >= 0.3 is 11.9 Å². The second-order valence-corrected chi connectivity index (χ2v) is 8.17. The molecule has 2 aromatic heterocycles. The van der Waals surface area contributed by atoms with Gasteiger partial charge in [-0.15, -0.1) is 0 Å². The van der Waals surface area contributed by atoms with Crippen LogP contribution in [0.25, 0.3) is 11.0 Å². The number of benzene rings is 1. The Hall–Kier alpha value is -3.72. The van der Waals surface area contributed by atoms with Crippen LogP contribution in [0, 0.1) is 12.8 Å². The Balaban J connectivity index is 0.000000350. The van der Waals surface area contributed by atoms with E-state index >= 15 is 0 Å². The molecule has 180 valence electrons. The standard InChI is InChI=1S/C21H25N3O2.C4H4O4/c1-16-5-6-20-19(14-16)21(23-26-20)25-13-9-17-7-11-24(12-8-17)15-18-4-2-3-10-22-18;5-3(6)1-2-4(7)8/h2-6,10,14,17H,7-9,11-13,15H2,1H3;1-2H,(H,5,6)(H,7,8)/b;2-1+. The SMILES string of the molecule is Cc1ccc2onc(OCCC3CCN(Cc4ccccn4)CC3)c2c1.O=C(O)/C=C/C(=O)O. The van der Waals surface area contributed by atoms with Crippen molar-refractivity contribution in [3.8, 4) is 5.88 Å². The Morgan fingerprint density at radius 1 is 1.15 bits per heavy atom. The van der Waals surface area contributed by atoms with E-state index in [1.807, 2.05) is 24.4 Å². The number of hydrogen-bond acceptors (Lipinski definition) is 7. The number of piperidine rings is 1. The zero-order valence-electron chi connectivity index (χ0n) is 19.1. The van der Waals surface area contributed by atoms with Crippen molar-refractivity contribution in [3.63, 3.8) is 0 Å². The number of pyridine rings is 1. The Morgan fingerprint density at radius 2 is 1.88 bits per heavy atom. The number of carbonyl (C=O) groups is 2. The first-order valence-electron chi connectivity index (χ1n) is 11.2. The van der Waals surface area contributed by atoms with Crippen LogP contribution in [0.4, 0.5) is 0 Å². The maximum Gasteiger partial charge on any atom is 0.328 e. The van der Waals surface area contributed by atoms with Gasteiger partial charge in [-0.25, -0.2) is 9.59 Å². The number of carboxylic acid groups (broad SMARTS) is 2. The highest BCUT2D eigenvalue weighted by Gasteiger charge is 2.20. The quantitative estimate of drug-likeness (QED) is 0.474. The Kier molecular flexibility index (Phi) is 9.16. The number of aryl methyl sites for hydroxylation is 1. The second kappa shape index (κ2) is 12.5. The lowest BCUT2D eigenvalue weighted by Gasteiger charge is -2.31. The highest BCUT2D eigenvalue weighted by molar-refractivity contribution is 5.89. The zero-order valence-corrected chi connectivity index (χ0v) is 19.1. The lowest BCUT2D eigenvalue weighted by Crippen LogP contribution is -2.33. The monoisotopic (exact) mass is 467 g/mol. The Morgan fingerprint density at radius 3 is 2.53 bits per heavy atom. The van der Waals surface area contributed by atoms with Gasteiger partial charge in [0.1, 0.15) is 0 Å². The first-order chi connectivity index (χ1) is 16.4. The number of nitrogens with zero attached hydrogens (tertiary/aromatic N) is 3. The van der Waals surface area contributed by atoms with E-state index in [4.69, 9.17) is 19.5 Å². The molecular weight excluding hydrogens is 438 g/mol. The van der Waals surface area contributed by atoms with Crippen LogP contribution >= 0.6 is 0 Å². The highest BCUT2D eigenvalue weighted by atomic mass is 16.5. The number of aliphatic carboxylic acids is 2. The van der Waals surface area contributed by atoms with E-state index in [9.17, 15) is 9.59 Å². The summed E-state index contributed by atoms with van der Waals surface area (Å²) in [7, 11) is 0. The molecule has 0 spiro atoms. The third-order valence-corrected chi connectivity index (χ3v) is 5.54. The van der Waals surface area contributed by atoms with Gasteiger partial charge in [0.05, 0.1) is 17.7 Å². The van der Waals surface area contributed by atoms with Gasteiger partial charge in [-0.05, 0) is 74.6 Å². The smallest absolute Gasteiger partial charge is 0.328 e. The third-order valence-electron chi connectivity index (χ3n) is 5.54. The predicted molar refractivity (Wildman–Crippen MR) is 126 cm³/mol. The van der Waals surface area contributed by atoms with Crippen molar-refractivity contribution in [1.82, 2.24) is 15.0 Å². The van der Waals surface area contributed by atoms with Gasteiger partial charge < -0.3 is 19.5 Å². The molecule has 9 heteroatoms. The average molecular weight is 468 g/mol. The molecule has 3 aromatic rings. The maximum absolute atomic E-state index is 9.55. The number of rotatable bonds is 8. The van der Waals surface area contributed by atoms with Crippen LogP contribution in [0.15, 0.2) is 59.3 Å². The highest BCUT2D eigenvalue weighted by Crippen LogP contribution is 2.27. The van der Waals surface area contributed by atoms with Crippen LogP contribution in [0.3, 0.4) is 0 Å². The maximum atomic E-state index is 9.55.